The summed E-state index contributed by atoms with van der Waals surface area (Å²) in [5, 5.41) is 4.91. The fraction of sp³-hybridized carbons (Fsp3) is 0.529. The third kappa shape index (κ3) is 6.06. The van der Waals surface area contributed by atoms with Crippen LogP contribution in [0.2, 0.25) is 0 Å². The zero-order valence-electron chi connectivity index (χ0n) is 14.2. The Morgan fingerprint density at radius 1 is 1.24 bits per heavy atom. The lowest BCUT2D eigenvalue weighted by Gasteiger charge is -2.22. The van der Waals surface area contributed by atoms with Crippen molar-refractivity contribution in [3.05, 3.63) is 23.9 Å². The highest BCUT2D eigenvalue weighted by molar-refractivity contribution is 5.97. The predicted octanol–water partition coefficient (Wildman–Crippen LogP) is 1.80. The minimum atomic E-state index is -0.737. The molecule has 0 aliphatic heterocycles. The second kappa shape index (κ2) is 9.61. The van der Waals surface area contributed by atoms with E-state index in [0.29, 0.717) is 6.61 Å². The highest BCUT2D eigenvalue weighted by atomic mass is 16.5. The number of hydrogen-bond acceptors (Lipinski definition) is 6. The van der Waals surface area contributed by atoms with Gasteiger partial charge in [-0.3, -0.25) is 10.1 Å². The van der Waals surface area contributed by atoms with Crippen LogP contribution in [0.4, 0.5) is 4.79 Å². The number of nitrogens with zero attached hydrogens (tertiary/aromatic N) is 1. The number of esters is 1. The number of amides is 3. The molecular weight excluding hydrogens is 326 g/mol. The summed E-state index contributed by atoms with van der Waals surface area (Å²) in [7, 11) is 0. The van der Waals surface area contributed by atoms with Crippen molar-refractivity contribution in [3.63, 3.8) is 0 Å². The van der Waals surface area contributed by atoms with Crippen molar-refractivity contribution >= 4 is 17.9 Å². The first-order chi connectivity index (χ1) is 12.1. The Bertz CT molecular complexity index is 614. The van der Waals surface area contributed by atoms with Crippen molar-refractivity contribution in [1.82, 2.24) is 15.6 Å². The molecule has 8 heteroatoms. The van der Waals surface area contributed by atoms with Gasteiger partial charge in [-0.2, -0.15) is 0 Å². The first-order valence-electron chi connectivity index (χ1n) is 8.45. The minimum absolute atomic E-state index is 0.0910. The average molecular weight is 349 g/mol. The quantitative estimate of drug-likeness (QED) is 0.759. The maximum Gasteiger partial charge on any atom is 0.344 e. The topological polar surface area (TPSA) is 107 Å². The molecule has 1 heterocycles. The smallest absolute Gasteiger partial charge is 0.344 e. The molecule has 2 rings (SSSR count). The van der Waals surface area contributed by atoms with Crippen LogP contribution in [0.3, 0.4) is 0 Å². The number of aromatic nitrogens is 1. The molecule has 0 radical (unpaired) electrons. The highest BCUT2D eigenvalue weighted by Crippen LogP contribution is 2.17. The van der Waals surface area contributed by atoms with Gasteiger partial charge in [-0.1, -0.05) is 19.3 Å². The van der Waals surface area contributed by atoms with E-state index < -0.39 is 24.5 Å². The molecule has 1 aliphatic rings. The molecule has 0 bridgehead atoms. The van der Waals surface area contributed by atoms with E-state index in [9.17, 15) is 14.4 Å². The molecule has 0 saturated heterocycles. The van der Waals surface area contributed by atoms with Crippen LogP contribution in [0.25, 0.3) is 0 Å². The van der Waals surface area contributed by atoms with E-state index in [1.807, 2.05) is 0 Å². The molecule has 1 saturated carbocycles. The summed E-state index contributed by atoms with van der Waals surface area (Å²) >= 11 is 0. The molecule has 0 spiro atoms. The van der Waals surface area contributed by atoms with Gasteiger partial charge in [0.25, 0.3) is 5.91 Å². The van der Waals surface area contributed by atoms with E-state index in [4.69, 9.17) is 9.47 Å². The van der Waals surface area contributed by atoms with Gasteiger partial charge < -0.3 is 14.8 Å². The van der Waals surface area contributed by atoms with Crippen LogP contribution in [0.1, 0.15) is 49.4 Å². The molecule has 0 aromatic carbocycles. The van der Waals surface area contributed by atoms with E-state index in [0.717, 1.165) is 25.7 Å². The lowest BCUT2D eigenvalue weighted by atomic mass is 9.96. The highest BCUT2D eigenvalue weighted by Gasteiger charge is 2.19. The van der Waals surface area contributed by atoms with Crippen molar-refractivity contribution in [1.29, 1.82) is 0 Å². The number of ether oxygens (including phenoxy) is 2. The average Bonchev–Trinajstić information content (AvgIpc) is 2.61. The lowest BCUT2D eigenvalue weighted by Crippen LogP contribution is -2.46. The monoisotopic (exact) mass is 349 g/mol. The fourth-order valence-corrected chi connectivity index (χ4v) is 2.64. The number of carbonyl (C=O) groups is 3. The van der Waals surface area contributed by atoms with Crippen LogP contribution in [0, 0.1) is 0 Å². The largest absolute Gasteiger partial charge is 0.477 e. The van der Waals surface area contributed by atoms with E-state index in [-0.39, 0.29) is 17.5 Å². The molecule has 2 N–H and O–H groups in total. The Labute approximate surface area is 146 Å². The van der Waals surface area contributed by atoms with Crippen LogP contribution in [-0.4, -0.2) is 42.1 Å². The van der Waals surface area contributed by atoms with E-state index in [1.54, 1.807) is 13.0 Å². The van der Waals surface area contributed by atoms with Crippen molar-refractivity contribution in [3.8, 4) is 5.88 Å². The summed E-state index contributed by atoms with van der Waals surface area (Å²) < 4.78 is 10.2. The van der Waals surface area contributed by atoms with Gasteiger partial charge in [-0.15, -0.1) is 0 Å². The number of hydrogen-bond donors (Lipinski definition) is 2. The second-order valence-corrected chi connectivity index (χ2v) is 5.72. The van der Waals surface area contributed by atoms with Crippen LogP contribution in [0.5, 0.6) is 5.88 Å². The molecule has 1 aromatic rings. The zero-order valence-corrected chi connectivity index (χ0v) is 14.2. The number of imide groups is 1. The SMILES string of the molecule is CCOc1ncccc1C(=O)OCC(=O)NC(=O)NC1CCCCC1. The number of nitrogens with one attached hydrogen (secondary N) is 2. The summed E-state index contributed by atoms with van der Waals surface area (Å²) in [6.45, 7) is 1.55. The fourth-order valence-electron chi connectivity index (χ4n) is 2.64. The number of rotatable bonds is 6. The van der Waals surface area contributed by atoms with Crippen molar-refractivity contribution in [2.45, 2.75) is 45.1 Å². The van der Waals surface area contributed by atoms with Crippen molar-refractivity contribution < 1.29 is 23.9 Å². The minimum Gasteiger partial charge on any atom is -0.477 e. The Morgan fingerprint density at radius 3 is 2.72 bits per heavy atom. The summed E-state index contributed by atoms with van der Waals surface area (Å²) in [6, 6.07) is 2.59. The van der Waals surface area contributed by atoms with Gasteiger partial charge in [0.2, 0.25) is 5.88 Å². The summed E-state index contributed by atoms with van der Waals surface area (Å²) in [5.41, 5.74) is 0.129. The summed E-state index contributed by atoms with van der Waals surface area (Å²) in [5.74, 6) is -1.28. The molecule has 8 nitrogen and oxygen atoms in total. The third-order valence-electron chi connectivity index (χ3n) is 3.80. The second-order valence-electron chi connectivity index (χ2n) is 5.72. The molecule has 3 amide bonds. The van der Waals surface area contributed by atoms with Crippen molar-refractivity contribution in [2.24, 2.45) is 0 Å². The Balaban J connectivity index is 1.77. The van der Waals surface area contributed by atoms with Gasteiger partial charge in [0.05, 0.1) is 6.61 Å². The lowest BCUT2D eigenvalue weighted by molar-refractivity contribution is -0.123. The number of pyridine rings is 1. The van der Waals surface area contributed by atoms with Gasteiger partial charge in [0, 0.05) is 12.2 Å². The van der Waals surface area contributed by atoms with Crippen LogP contribution in [-0.2, 0) is 9.53 Å². The molecule has 25 heavy (non-hydrogen) atoms. The molecule has 0 atom stereocenters. The maximum atomic E-state index is 12.0. The van der Waals surface area contributed by atoms with E-state index in [2.05, 4.69) is 15.6 Å². The Hall–Kier alpha value is -2.64. The van der Waals surface area contributed by atoms with Gasteiger partial charge in [-0.25, -0.2) is 14.6 Å². The van der Waals surface area contributed by atoms with Crippen molar-refractivity contribution in [2.75, 3.05) is 13.2 Å². The van der Waals surface area contributed by atoms with Crippen LogP contribution >= 0.6 is 0 Å². The molecule has 1 fully saturated rings. The first-order valence-corrected chi connectivity index (χ1v) is 8.45. The van der Waals surface area contributed by atoms with Gasteiger partial charge in [0.15, 0.2) is 6.61 Å². The van der Waals surface area contributed by atoms with Gasteiger partial charge in [0.1, 0.15) is 5.56 Å². The van der Waals surface area contributed by atoms with E-state index in [1.165, 1.54) is 18.7 Å². The van der Waals surface area contributed by atoms with E-state index >= 15 is 0 Å². The Morgan fingerprint density at radius 2 is 2.00 bits per heavy atom. The molecule has 136 valence electrons. The molecule has 1 aromatic heterocycles. The maximum absolute atomic E-state index is 12.0. The predicted molar refractivity (Wildman–Crippen MR) is 89.2 cm³/mol. The third-order valence-corrected chi connectivity index (χ3v) is 3.80. The molecular formula is C17H23N3O5. The normalized spacial score (nSPS) is 14.4. The van der Waals surface area contributed by atoms with Gasteiger partial charge >= 0.3 is 12.0 Å². The Kier molecular flexibility index (Phi) is 7.18. The van der Waals surface area contributed by atoms with Crippen LogP contribution < -0.4 is 15.4 Å². The zero-order chi connectivity index (χ0) is 18.1. The number of carbonyl (C=O) groups excluding carboxylic acids is 3. The van der Waals surface area contributed by atoms with Crippen LogP contribution in [0.15, 0.2) is 18.3 Å². The molecule has 0 unspecified atom stereocenters. The standard InChI is InChI=1S/C17H23N3O5/c1-2-24-15-13(9-6-10-18-15)16(22)25-11-14(21)20-17(23)19-12-7-4-3-5-8-12/h6,9-10,12H,2-5,7-8,11H2,1H3,(H2,19,20,21,23). The summed E-state index contributed by atoms with van der Waals surface area (Å²) in [4.78, 5) is 39.5. The molecule has 1 aliphatic carbocycles. The number of urea groups is 1. The first kappa shape index (κ1) is 18.7. The summed E-state index contributed by atoms with van der Waals surface area (Å²) in [6.07, 6.45) is 6.64. The van der Waals surface area contributed by atoms with Gasteiger partial charge in [-0.05, 0) is 31.9 Å².